The van der Waals surface area contributed by atoms with Crippen LogP contribution in [0.3, 0.4) is 0 Å². The fourth-order valence-electron chi connectivity index (χ4n) is 1.83. The molecule has 2 rings (SSSR count). The fourth-order valence-corrected chi connectivity index (χ4v) is 1.96. The standard InChI is InChI=1S/C14H15ClN2O3/c1-8(17(2)3)13-11(14(18)19)12(16-20-13)9-4-6-10(15)7-5-9/h4-8H,1-3H3,(H,18,19). The van der Waals surface area contributed by atoms with E-state index in [1.807, 2.05) is 25.9 Å². The highest BCUT2D eigenvalue weighted by molar-refractivity contribution is 6.30. The molecule has 0 aliphatic rings. The maximum absolute atomic E-state index is 11.5. The zero-order chi connectivity index (χ0) is 14.9. The highest BCUT2D eigenvalue weighted by atomic mass is 35.5. The van der Waals surface area contributed by atoms with Crippen LogP contribution in [-0.2, 0) is 0 Å². The molecule has 1 unspecified atom stereocenters. The maximum atomic E-state index is 11.5. The number of carboxylic acids is 1. The summed E-state index contributed by atoms with van der Waals surface area (Å²) in [6, 6.07) is 6.63. The third-order valence-corrected chi connectivity index (χ3v) is 3.46. The smallest absolute Gasteiger partial charge is 0.341 e. The molecule has 1 heterocycles. The van der Waals surface area contributed by atoms with E-state index < -0.39 is 5.97 Å². The van der Waals surface area contributed by atoms with E-state index in [1.165, 1.54) is 0 Å². The molecule has 0 fully saturated rings. The molecule has 0 aliphatic heterocycles. The molecule has 6 heteroatoms. The van der Waals surface area contributed by atoms with Crippen LogP contribution < -0.4 is 0 Å². The van der Waals surface area contributed by atoms with Gasteiger partial charge in [-0.2, -0.15) is 0 Å². The largest absolute Gasteiger partial charge is 0.477 e. The van der Waals surface area contributed by atoms with E-state index in [0.717, 1.165) is 0 Å². The van der Waals surface area contributed by atoms with Crippen molar-refractivity contribution in [3.05, 3.63) is 40.6 Å². The number of nitrogens with zero attached hydrogens (tertiary/aromatic N) is 2. The number of carboxylic acid groups (broad SMARTS) is 1. The Balaban J connectivity index is 2.55. The summed E-state index contributed by atoms with van der Waals surface area (Å²) >= 11 is 5.83. The topological polar surface area (TPSA) is 66.6 Å². The van der Waals surface area contributed by atoms with Crippen molar-refractivity contribution in [2.24, 2.45) is 0 Å². The third-order valence-electron chi connectivity index (χ3n) is 3.20. The van der Waals surface area contributed by atoms with Crippen LogP contribution in [0.5, 0.6) is 0 Å². The molecule has 0 amide bonds. The molecule has 0 saturated heterocycles. The molecule has 1 aromatic heterocycles. The summed E-state index contributed by atoms with van der Waals surface area (Å²) in [7, 11) is 3.70. The average molecular weight is 295 g/mol. The summed E-state index contributed by atoms with van der Waals surface area (Å²) < 4.78 is 5.26. The summed E-state index contributed by atoms with van der Waals surface area (Å²) in [5.74, 6) is -0.715. The second-order valence-electron chi connectivity index (χ2n) is 4.72. The molecule has 2 aromatic rings. The second-order valence-corrected chi connectivity index (χ2v) is 5.16. The molecule has 1 aromatic carbocycles. The van der Waals surface area contributed by atoms with Crippen LogP contribution >= 0.6 is 11.6 Å². The van der Waals surface area contributed by atoms with Gasteiger partial charge in [-0.05, 0) is 33.2 Å². The lowest BCUT2D eigenvalue weighted by molar-refractivity contribution is 0.0692. The van der Waals surface area contributed by atoms with E-state index in [1.54, 1.807) is 24.3 Å². The zero-order valence-electron chi connectivity index (χ0n) is 11.4. The van der Waals surface area contributed by atoms with Gasteiger partial charge in [0.1, 0.15) is 11.3 Å². The minimum absolute atomic E-state index is 0.0912. The van der Waals surface area contributed by atoms with Gasteiger partial charge in [-0.15, -0.1) is 0 Å². The Labute approximate surface area is 121 Å². The first kappa shape index (κ1) is 14.6. The number of benzene rings is 1. The molecular weight excluding hydrogens is 280 g/mol. The number of aromatic nitrogens is 1. The van der Waals surface area contributed by atoms with Crippen molar-refractivity contribution < 1.29 is 14.4 Å². The molecule has 0 spiro atoms. The Morgan fingerprint density at radius 1 is 1.35 bits per heavy atom. The van der Waals surface area contributed by atoms with Crippen LogP contribution in [0.15, 0.2) is 28.8 Å². The van der Waals surface area contributed by atoms with Gasteiger partial charge in [0.25, 0.3) is 0 Å². The van der Waals surface area contributed by atoms with Crippen LogP contribution in [0, 0.1) is 0 Å². The van der Waals surface area contributed by atoms with E-state index in [-0.39, 0.29) is 11.6 Å². The van der Waals surface area contributed by atoms with Gasteiger partial charge in [0.2, 0.25) is 0 Å². The Morgan fingerprint density at radius 2 is 1.95 bits per heavy atom. The van der Waals surface area contributed by atoms with Crippen LogP contribution in [0.4, 0.5) is 0 Å². The monoisotopic (exact) mass is 294 g/mol. The lowest BCUT2D eigenvalue weighted by Crippen LogP contribution is -2.18. The predicted octanol–water partition coefficient (Wildman–Crippen LogP) is 3.32. The van der Waals surface area contributed by atoms with E-state index in [9.17, 15) is 9.90 Å². The minimum Gasteiger partial charge on any atom is -0.477 e. The molecular formula is C14H15ClN2O3. The number of hydrogen-bond acceptors (Lipinski definition) is 4. The van der Waals surface area contributed by atoms with Crippen molar-refractivity contribution >= 4 is 17.6 Å². The molecule has 20 heavy (non-hydrogen) atoms. The van der Waals surface area contributed by atoms with Crippen LogP contribution in [-0.4, -0.2) is 35.2 Å². The predicted molar refractivity (Wildman–Crippen MR) is 76.0 cm³/mol. The van der Waals surface area contributed by atoms with E-state index in [4.69, 9.17) is 16.1 Å². The van der Waals surface area contributed by atoms with E-state index >= 15 is 0 Å². The maximum Gasteiger partial charge on any atom is 0.341 e. The number of aromatic carboxylic acids is 1. The zero-order valence-corrected chi connectivity index (χ0v) is 12.2. The van der Waals surface area contributed by atoms with E-state index in [0.29, 0.717) is 22.0 Å². The Hall–Kier alpha value is -1.85. The van der Waals surface area contributed by atoms with Crippen molar-refractivity contribution in [2.75, 3.05) is 14.1 Å². The van der Waals surface area contributed by atoms with Crippen LogP contribution in [0.25, 0.3) is 11.3 Å². The van der Waals surface area contributed by atoms with Gasteiger partial charge in [0.15, 0.2) is 5.76 Å². The lowest BCUT2D eigenvalue weighted by atomic mass is 10.0. The van der Waals surface area contributed by atoms with Crippen LogP contribution in [0.2, 0.25) is 5.02 Å². The highest BCUT2D eigenvalue weighted by Gasteiger charge is 2.27. The van der Waals surface area contributed by atoms with Crippen molar-refractivity contribution in [2.45, 2.75) is 13.0 Å². The first-order valence-corrected chi connectivity index (χ1v) is 6.45. The lowest BCUT2D eigenvalue weighted by Gasteiger charge is -2.17. The normalized spacial score (nSPS) is 12.7. The van der Waals surface area contributed by atoms with Crippen molar-refractivity contribution in [1.82, 2.24) is 10.1 Å². The van der Waals surface area contributed by atoms with Gasteiger partial charge >= 0.3 is 5.97 Å². The average Bonchev–Trinajstić information content (AvgIpc) is 2.83. The Kier molecular flexibility index (Phi) is 4.11. The van der Waals surface area contributed by atoms with Crippen LogP contribution in [0.1, 0.15) is 29.1 Å². The molecule has 0 radical (unpaired) electrons. The molecule has 0 aliphatic carbocycles. The van der Waals surface area contributed by atoms with Gasteiger partial charge in [0, 0.05) is 10.6 Å². The molecule has 5 nitrogen and oxygen atoms in total. The van der Waals surface area contributed by atoms with Gasteiger partial charge < -0.3 is 9.63 Å². The summed E-state index contributed by atoms with van der Waals surface area (Å²) in [6.07, 6.45) is 0. The second kappa shape index (κ2) is 5.64. The molecule has 1 atom stereocenters. The fraction of sp³-hybridized carbons (Fsp3) is 0.286. The van der Waals surface area contributed by atoms with Gasteiger partial charge in [0.05, 0.1) is 6.04 Å². The number of hydrogen-bond donors (Lipinski definition) is 1. The first-order valence-electron chi connectivity index (χ1n) is 6.07. The SMILES string of the molecule is CC(c1onc(-c2ccc(Cl)cc2)c1C(=O)O)N(C)C. The third kappa shape index (κ3) is 2.69. The number of rotatable bonds is 4. The number of halogens is 1. The summed E-state index contributed by atoms with van der Waals surface area (Å²) in [5.41, 5.74) is 1.07. The van der Waals surface area contributed by atoms with Crippen molar-refractivity contribution in [3.8, 4) is 11.3 Å². The highest BCUT2D eigenvalue weighted by Crippen LogP contribution is 2.31. The Bertz CT molecular complexity index is 620. The van der Waals surface area contributed by atoms with Crippen molar-refractivity contribution in [3.63, 3.8) is 0 Å². The summed E-state index contributed by atoms with van der Waals surface area (Å²) in [4.78, 5) is 13.4. The molecule has 106 valence electrons. The van der Waals surface area contributed by atoms with Gasteiger partial charge in [-0.25, -0.2) is 4.79 Å². The van der Waals surface area contributed by atoms with Gasteiger partial charge in [-0.3, -0.25) is 4.90 Å². The van der Waals surface area contributed by atoms with E-state index in [2.05, 4.69) is 5.16 Å². The quantitative estimate of drug-likeness (QED) is 0.937. The van der Waals surface area contributed by atoms with Crippen molar-refractivity contribution in [1.29, 1.82) is 0 Å². The summed E-state index contributed by atoms with van der Waals surface area (Å²) in [5, 5.41) is 13.9. The number of carbonyl (C=O) groups is 1. The Morgan fingerprint density at radius 3 is 2.45 bits per heavy atom. The minimum atomic E-state index is -1.06. The molecule has 1 N–H and O–H groups in total. The first-order chi connectivity index (χ1) is 9.41. The van der Waals surface area contributed by atoms with Gasteiger partial charge in [-0.1, -0.05) is 28.9 Å². The molecule has 0 saturated carbocycles. The summed E-state index contributed by atoms with van der Waals surface area (Å²) in [6.45, 7) is 1.86. The molecule has 0 bridgehead atoms.